The zero-order chi connectivity index (χ0) is 12.9. The molecule has 96 valence electrons. The minimum atomic E-state index is -0.453. The maximum atomic E-state index is 11.9. The van der Waals surface area contributed by atoms with Gasteiger partial charge in [0.25, 0.3) is 0 Å². The quantitative estimate of drug-likeness (QED) is 0.718. The Morgan fingerprint density at radius 2 is 2.33 bits per heavy atom. The highest BCUT2D eigenvalue weighted by Crippen LogP contribution is 2.41. The van der Waals surface area contributed by atoms with E-state index in [-0.39, 0.29) is 12.6 Å². The smallest absolute Gasteiger partial charge is 0.346 e. The maximum Gasteiger partial charge on any atom is 0.346 e. The lowest BCUT2D eigenvalue weighted by molar-refractivity contribution is 0.178. The third kappa shape index (κ3) is 1.45. The highest BCUT2D eigenvalue weighted by molar-refractivity contribution is 6.06. The van der Waals surface area contributed by atoms with E-state index in [2.05, 4.69) is 22.7 Å². The molecule has 2 fully saturated rings. The second kappa shape index (κ2) is 3.72. The molecule has 0 bridgehead atoms. The number of urea groups is 1. The normalized spacial score (nSPS) is 36.2. The average molecular weight is 246 g/mol. The summed E-state index contributed by atoms with van der Waals surface area (Å²) in [7, 11) is 0. The van der Waals surface area contributed by atoms with Crippen LogP contribution in [0.2, 0.25) is 0 Å². The highest BCUT2D eigenvalue weighted by Gasteiger charge is 2.56. The van der Waals surface area contributed by atoms with E-state index < -0.39 is 5.54 Å². The summed E-state index contributed by atoms with van der Waals surface area (Å²) in [5, 5.41) is 0. The Bertz CT molecular complexity index is 462. The summed E-state index contributed by atoms with van der Waals surface area (Å²) in [5.41, 5.74) is 5.57. The van der Waals surface area contributed by atoms with Gasteiger partial charge in [-0.15, -0.1) is 6.42 Å². The Kier molecular flexibility index (Phi) is 2.39. The average Bonchev–Trinajstić information content (AvgIpc) is 3.06. The molecule has 2 atom stereocenters. The molecule has 1 saturated carbocycles. The van der Waals surface area contributed by atoms with Gasteiger partial charge < -0.3 is 5.73 Å². The van der Waals surface area contributed by atoms with Crippen LogP contribution in [-0.2, 0) is 0 Å². The van der Waals surface area contributed by atoms with Crippen molar-refractivity contribution in [2.24, 2.45) is 10.7 Å². The van der Waals surface area contributed by atoms with E-state index in [0.29, 0.717) is 17.9 Å². The van der Waals surface area contributed by atoms with Crippen LogP contribution in [0.5, 0.6) is 0 Å². The number of likely N-dealkylation sites (tertiary alicyclic amines) is 1. The van der Waals surface area contributed by atoms with E-state index in [0.717, 1.165) is 13.0 Å². The van der Waals surface area contributed by atoms with Crippen molar-refractivity contribution < 1.29 is 4.79 Å². The molecular formula is C13H18N4O. The number of nitrogens with two attached hydrogens (primary N) is 1. The van der Waals surface area contributed by atoms with E-state index >= 15 is 0 Å². The Balaban J connectivity index is 1.91. The standard InChI is InChI=1S/C13H18N4O/c1-3-6-17-12(18)15-11(14)13(17)7-9(2)16(8-13)10-4-5-10/h1,9-10H,4-8H2,2H3,(H2,14,15,18). The van der Waals surface area contributed by atoms with Gasteiger partial charge in [-0.25, -0.2) is 4.79 Å². The summed E-state index contributed by atoms with van der Waals surface area (Å²) < 4.78 is 0. The molecule has 0 aromatic rings. The minimum Gasteiger partial charge on any atom is -0.385 e. The van der Waals surface area contributed by atoms with Crippen LogP contribution < -0.4 is 5.73 Å². The Morgan fingerprint density at radius 1 is 1.61 bits per heavy atom. The van der Waals surface area contributed by atoms with Gasteiger partial charge in [0.05, 0.1) is 6.54 Å². The van der Waals surface area contributed by atoms with Crippen LogP contribution in [0.1, 0.15) is 26.2 Å². The lowest BCUT2D eigenvalue weighted by Crippen LogP contribution is -2.56. The molecule has 5 heteroatoms. The molecule has 0 aromatic carbocycles. The van der Waals surface area contributed by atoms with Gasteiger partial charge in [-0.2, -0.15) is 4.99 Å². The molecule has 3 aliphatic rings. The summed E-state index contributed by atoms with van der Waals surface area (Å²) in [5.74, 6) is 2.99. The summed E-state index contributed by atoms with van der Waals surface area (Å²) in [6.45, 7) is 3.26. The van der Waals surface area contributed by atoms with Crippen molar-refractivity contribution in [3.05, 3.63) is 0 Å². The molecule has 1 aliphatic carbocycles. The maximum absolute atomic E-state index is 11.9. The van der Waals surface area contributed by atoms with Gasteiger partial charge in [-0.1, -0.05) is 5.92 Å². The van der Waals surface area contributed by atoms with E-state index in [4.69, 9.17) is 12.2 Å². The number of terminal acetylenes is 1. The molecule has 2 amide bonds. The first-order valence-electron chi connectivity index (χ1n) is 6.44. The summed E-state index contributed by atoms with van der Waals surface area (Å²) in [6.07, 6.45) is 8.70. The molecule has 2 heterocycles. The van der Waals surface area contributed by atoms with E-state index in [1.807, 2.05) is 0 Å². The topological polar surface area (TPSA) is 61.9 Å². The zero-order valence-electron chi connectivity index (χ0n) is 10.6. The molecule has 2 unspecified atom stereocenters. The molecule has 1 saturated heterocycles. The van der Waals surface area contributed by atoms with Crippen LogP contribution in [0.25, 0.3) is 0 Å². The number of aliphatic imine (C=N–C) groups is 1. The predicted molar refractivity (Wildman–Crippen MR) is 69.1 cm³/mol. The van der Waals surface area contributed by atoms with Crippen molar-refractivity contribution in [3.8, 4) is 12.3 Å². The van der Waals surface area contributed by atoms with Gasteiger partial charge in [-0.3, -0.25) is 9.80 Å². The van der Waals surface area contributed by atoms with Gasteiger partial charge in [0.15, 0.2) is 0 Å². The van der Waals surface area contributed by atoms with Crippen molar-refractivity contribution in [1.82, 2.24) is 9.80 Å². The second-order valence-corrected chi connectivity index (χ2v) is 5.56. The Hall–Kier alpha value is -1.54. The number of carbonyl (C=O) groups is 1. The van der Waals surface area contributed by atoms with Crippen molar-refractivity contribution in [3.63, 3.8) is 0 Å². The lowest BCUT2D eigenvalue weighted by Gasteiger charge is -2.33. The second-order valence-electron chi connectivity index (χ2n) is 5.56. The van der Waals surface area contributed by atoms with Crippen LogP contribution >= 0.6 is 0 Å². The third-order valence-electron chi connectivity index (χ3n) is 4.35. The number of amidine groups is 1. The fraction of sp³-hybridized carbons (Fsp3) is 0.692. The van der Waals surface area contributed by atoms with Crippen molar-refractivity contribution in [2.75, 3.05) is 13.1 Å². The highest BCUT2D eigenvalue weighted by atomic mass is 16.2. The molecule has 0 radical (unpaired) electrons. The van der Waals surface area contributed by atoms with Crippen molar-refractivity contribution >= 4 is 11.9 Å². The van der Waals surface area contributed by atoms with Gasteiger partial charge in [-0.05, 0) is 26.2 Å². The zero-order valence-corrected chi connectivity index (χ0v) is 10.6. The first-order chi connectivity index (χ1) is 8.58. The number of hydrogen-bond acceptors (Lipinski definition) is 3. The SMILES string of the molecule is C#CCN1C(=O)N=C(N)C12CC(C)N(C1CC1)C2. The van der Waals surface area contributed by atoms with Gasteiger partial charge >= 0.3 is 6.03 Å². The molecule has 2 aliphatic heterocycles. The molecule has 2 N–H and O–H groups in total. The van der Waals surface area contributed by atoms with Gasteiger partial charge in [0, 0.05) is 18.6 Å². The molecular weight excluding hydrogens is 228 g/mol. The summed E-state index contributed by atoms with van der Waals surface area (Å²) in [4.78, 5) is 19.9. The third-order valence-corrected chi connectivity index (χ3v) is 4.35. The monoisotopic (exact) mass is 246 g/mol. The van der Waals surface area contributed by atoms with Crippen LogP contribution in [0.3, 0.4) is 0 Å². The van der Waals surface area contributed by atoms with Gasteiger partial charge in [0.2, 0.25) is 0 Å². The van der Waals surface area contributed by atoms with Crippen molar-refractivity contribution in [1.29, 1.82) is 0 Å². The molecule has 5 nitrogen and oxygen atoms in total. The van der Waals surface area contributed by atoms with Crippen LogP contribution in [0, 0.1) is 12.3 Å². The number of carbonyl (C=O) groups excluding carboxylic acids is 1. The Morgan fingerprint density at radius 3 is 2.94 bits per heavy atom. The summed E-state index contributed by atoms with van der Waals surface area (Å²) >= 11 is 0. The largest absolute Gasteiger partial charge is 0.385 e. The molecule has 1 spiro atoms. The number of hydrogen-bond donors (Lipinski definition) is 1. The minimum absolute atomic E-state index is 0.282. The van der Waals surface area contributed by atoms with E-state index in [9.17, 15) is 4.79 Å². The van der Waals surface area contributed by atoms with Gasteiger partial charge in [0.1, 0.15) is 11.4 Å². The fourth-order valence-electron chi connectivity index (χ4n) is 3.30. The molecule has 0 aromatic heterocycles. The fourth-order valence-corrected chi connectivity index (χ4v) is 3.30. The van der Waals surface area contributed by atoms with E-state index in [1.165, 1.54) is 12.8 Å². The molecule has 3 rings (SSSR count). The summed E-state index contributed by atoms with van der Waals surface area (Å²) in [6, 6.07) is 0.809. The van der Waals surface area contributed by atoms with Crippen molar-refractivity contribution in [2.45, 2.75) is 43.8 Å². The lowest BCUT2D eigenvalue weighted by atomic mass is 9.94. The number of rotatable bonds is 2. The Labute approximate surface area is 107 Å². The predicted octanol–water partition coefficient (Wildman–Crippen LogP) is 0.408. The number of amides is 2. The first kappa shape index (κ1) is 11.5. The first-order valence-corrected chi connectivity index (χ1v) is 6.44. The molecule has 18 heavy (non-hydrogen) atoms. The van der Waals surface area contributed by atoms with E-state index in [1.54, 1.807) is 4.90 Å². The van der Waals surface area contributed by atoms with Crippen LogP contribution in [0.4, 0.5) is 4.79 Å². The number of nitrogens with zero attached hydrogens (tertiary/aromatic N) is 3. The van der Waals surface area contributed by atoms with Crippen LogP contribution in [-0.4, -0.2) is 52.4 Å². The van der Waals surface area contributed by atoms with Crippen LogP contribution in [0.15, 0.2) is 4.99 Å².